The van der Waals surface area contributed by atoms with Crippen molar-refractivity contribution in [1.82, 2.24) is 4.31 Å². The van der Waals surface area contributed by atoms with Crippen LogP contribution in [0, 0.1) is 5.41 Å². The second-order valence-corrected chi connectivity index (χ2v) is 8.03. The van der Waals surface area contributed by atoms with Crippen LogP contribution >= 0.6 is 0 Å². The predicted molar refractivity (Wildman–Crippen MR) is 71.4 cm³/mol. The first-order valence-electron chi connectivity index (χ1n) is 7.03. The normalized spacial score (nSPS) is 23.9. The Morgan fingerprint density at radius 1 is 1.00 bits per heavy atom. The van der Waals surface area contributed by atoms with Crippen LogP contribution in [0.4, 0.5) is 22.0 Å². The van der Waals surface area contributed by atoms with Crippen LogP contribution in [0.15, 0.2) is 29.2 Å². The summed E-state index contributed by atoms with van der Waals surface area (Å²) in [5.74, 6) is -2.72. The molecule has 0 amide bonds. The van der Waals surface area contributed by atoms with Crippen LogP contribution in [-0.2, 0) is 16.2 Å². The van der Waals surface area contributed by atoms with E-state index in [0.29, 0.717) is 12.1 Å². The minimum atomic E-state index is -4.54. The summed E-state index contributed by atoms with van der Waals surface area (Å²) in [4.78, 5) is -0.260. The molecule has 0 bridgehead atoms. The van der Waals surface area contributed by atoms with E-state index < -0.39 is 33.1 Å². The van der Waals surface area contributed by atoms with Crippen LogP contribution in [0.25, 0.3) is 0 Å². The number of hydrogen-bond acceptors (Lipinski definition) is 2. The summed E-state index contributed by atoms with van der Waals surface area (Å²) in [7, 11) is -3.96. The lowest BCUT2D eigenvalue weighted by molar-refractivity contribution is -0.137. The molecule has 2 aliphatic rings. The number of benzene rings is 1. The van der Waals surface area contributed by atoms with Gasteiger partial charge in [-0.05, 0) is 37.1 Å². The summed E-state index contributed by atoms with van der Waals surface area (Å²) in [5.41, 5.74) is -2.02. The average Bonchev–Trinajstić information content (AvgIpc) is 2.98. The zero-order chi connectivity index (χ0) is 17.1. The van der Waals surface area contributed by atoms with E-state index in [1.807, 2.05) is 0 Å². The molecule has 1 aliphatic heterocycles. The Bertz CT molecular complexity index is 704. The first-order chi connectivity index (χ1) is 10.5. The third-order valence-corrected chi connectivity index (χ3v) is 6.62. The third kappa shape index (κ3) is 2.73. The minimum absolute atomic E-state index is 0.0427. The molecule has 23 heavy (non-hydrogen) atoms. The standard InChI is InChI=1S/C14H14F5NO2S/c15-13(16)9-12(13)5-7-20(8-6-12)23(21,22)11-3-1-10(2-4-11)14(17,18)19/h1-4H,5-9H2. The Balaban J connectivity index is 1.75. The second-order valence-electron chi connectivity index (χ2n) is 6.09. The van der Waals surface area contributed by atoms with Crippen molar-refractivity contribution in [2.24, 2.45) is 5.41 Å². The first-order valence-corrected chi connectivity index (χ1v) is 8.47. The van der Waals surface area contributed by atoms with E-state index in [0.717, 1.165) is 16.4 Å². The lowest BCUT2D eigenvalue weighted by atomic mass is 9.94. The van der Waals surface area contributed by atoms with Gasteiger partial charge in [-0.25, -0.2) is 17.2 Å². The first kappa shape index (κ1) is 16.6. The van der Waals surface area contributed by atoms with Crippen molar-refractivity contribution in [1.29, 1.82) is 0 Å². The van der Waals surface area contributed by atoms with Crippen molar-refractivity contribution in [3.63, 3.8) is 0 Å². The van der Waals surface area contributed by atoms with Crippen LogP contribution in [0.3, 0.4) is 0 Å². The van der Waals surface area contributed by atoms with Crippen LogP contribution in [0.1, 0.15) is 24.8 Å². The summed E-state index contributed by atoms with van der Waals surface area (Å²) in [6.07, 6.45) is -4.62. The van der Waals surface area contributed by atoms with Gasteiger partial charge in [-0.2, -0.15) is 17.5 Å². The van der Waals surface area contributed by atoms with Crippen molar-refractivity contribution >= 4 is 10.0 Å². The monoisotopic (exact) mass is 355 g/mol. The SMILES string of the molecule is O=S(=O)(c1ccc(C(F)(F)F)cc1)N1CCC2(CC1)CC2(F)F. The summed E-state index contributed by atoms with van der Waals surface area (Å²) < 4.78 is 90.0. The Labute approximate surface area is 130 Å². The van der Waals surface area contributed by atoms with E-state index in [1.165, 1.54) is 0 Å². The maximum absolute atomic E-state index is 13.3. The van der Waals surface area contributed by atoms with Gasteiger partial charge in [0.05, 0.1) is 10.5 Å². The van der Waals surface area contributed by atoms with Gasteiger partial charge in [0.2, 0.25) is 10.0 Å². The Morgan fingerprint density at radius 2 is 1.48 bits per heavy atom. The van der Waals surface area contributed by atoms with Crippen LogP contribution < -0.4 is 0 Å². The number of piperidine rings is 1. The molecule has 0 atom stereocenters. The Hall–Kier alpha value is -1.22. The molecule has 0 radical (unpaired) electrons. The predicted octanol–water partition coefficient (Wildman–Crippen LogP) is 3.52. The van der Waals surface area contributed by atoms with E-state index in [-0.39, 0.29) is 37.2 Å². The molecule has 3 nitrogen and oxygen atoms in total. The van der Waals surface area contributed by atoms with Gasteiger partial charge in [0.1, 0.15) is 0 Å². The summed E-state index contributed by atoms with van der Waals surface area (Å²) in [5, 5.41) is 0. The number of nitrogens with zero attached hydrogens (tertiary/aromatic N) is 1. The molecule has 1 saturated carbocycles. The highest BCUT2D eigenvalue weighted by Gasteiger charge is 2.70. The molecule has 9 heteroatoms. The number of hydrogen-bond donors (Lipinski definition) is 0. The third-order valence-electron chi connectivity index (χ3n) is 4.71. The van der Waals surface area contributed by atoms with Gasteiger partial charge in [-0.15, -0.1) is 0 Å². The fourth-order valence-corrected chi connectivity index (χ4v) is 4.48. The lowest BCUT2D eigenvalue weighted by Gasteiger charge is -2.31. The summed E-state index contributed by atoms with van der Waals surface area (Å²) in [6.45, 7) is -0.0854. The van der Waals surface area contributed by atoms with E-state index in [1.54, 1.807) is 0 Å². The van der Waals surface area contributed by atoms with Crippen LogP contribution in [-0.4, -0.2) is 31.7 Å². The van der Waals surface area contributed by atoms with E-state index in [2.05, 4.69) is 0 Å². The van der Waals surface area contributed by atoms with E-state index >= 15 is 0 Å². The fraction of sp³-hybridized carbons (Fsp3) is 0.571. The van der Waals surface area contributed by atoms with Gasteiger partial charge < -0.3 is 0 Å². The lowest BCUT2D eigenvalue weighted by Crippen LogP contribution is -2.40. The van der Waals surface area contributed by atoms with Crippen molar-refractivity contribution < 1.29 is 30.4 Å². The molecule has 1 spiro atoms. The average molecular weight is 355 g/mol. The smallest absolute Gasteiger partial charge is 0.207 e. The highest BCUT2D eigenvalue weighted by Crippen LogP contribution is 2.66. The second kappa shape index (κ2) is 4.89. The molecule has 1 aliphatic carbocycles. The molecule has 1 saturated heterocycles. The van der Waals surface area contributed by atoms with Crippen LogP contribution in [0.2, 0.25) is 0 Å². The molecular formula is C14H14F5NO2S. The summed E-state index contributed by atoms with van der Waals surface area (Å²) in [6, 6.07) is 3.20. The van der Waals surface area contributed by atoms with Crippen molar-refractivity contribution in [3.05, 3.63) is 29.8 Å². The summed E-state index contributed by atoms with van der Waals surface area (Å²) >= 11 is 0. The van der Waals surface area contributed by atoms with Gasteiger partial charge in [0.25, 0.3) is 5.92 Å². The van der Waals surface area contributed by atoms with Gasteiger partial charge in [0.15, 0.2) is 0 Å². The van der Waals surface area contributed by atoms with E-state index in [4.69, 9.17) is 0 Å². The quantitative estimate of drug-likeness (QED) is 0.762. The molecule has 1 aromatic rings. The van der Waals surface area contributed by atoms with Gasteiger partial charge in [-0.1, -0.05) is 0 Å². The molecule has 0 N–H and O–H groups in total. The topological polar surface area (TPSA) is 37.4 Å². The zero-order valence-corrected chi connectivity index (χ0v) is 12.7. The van der Waals surface area contributed by atoms with Gasteiger partial charge in [0, 0.05) is 24.9 Å². The largest absolute Gasteiger partial charge is 0.416 e. The maximum atomic E-state index is 13.3. The molecular weight excluding hydrogens is 341 g/mol. The highest BCUT2D eigenvalue weighted by molar-refractivity contribution is 7.89. The number of halogens is 5. The van der Waals surface area contributed by atoms with Gasteiger partial charge >= 0.3 is 6.18 Å². The maximum Gasteiger partial charge on any atom is 0.416 e. The zero-order valence-electron chi connectivity index (χ0n) is 11.9. The molecule has 1 aromatic carbocycles. The number of alkyl halides is 5. The Morgan fingerprint density at radius 3 is 1.87 bits per heavy atom. The van der Waals surface area contributed by atoms with Crippen molar-refractivity contribution in [2.45, 2.75) is 36.3 Å². The van der Waals surface area contributed by atoms with Crippen molar-refractivity contribution in [2.75, 3.05) is 13.1 Å². The Kier molecular flexibility index (Phi) is 3.54. The molecule has 1 heterocycles. The molecule has 0 unspecified atom stereocenters. The molecule has 128 valence electrons. The minimum Gasteiger partial charge on any atom is -0.207 e. The number of sulfonamides is 1. The van der Waals surface area contributed by atoms with Crippen LogP contribution in [0.5, 0.6) is 0 Å². The highest BCUT2D eigenvalue weighted by atomic mass is 32.2. The molecule has 3 rings (SSSR count). The van der Waals surface area contributed by atoms with E-state index in [9.17, 15) is 30.4 Å². The van der Waals surface area contributed by atoms with Gasteiger partial charge in [-0.3, -0.25) is 0 Å². The molecule has 0 aromatic heterocycles. The number of rotatable bonds is 2. The fourth-order valence-electron chi connectivity index (χ4n) is 3.04. The van der Waals surface area contributed by atoms with Crippen molar-refractivity contribution in [3.8, 4) is 0 Å². The molecule has 2 fully saturated rings.